The molecule has 0 radical (unpaired) electrons. The number of hydrogen-bond donors (Lipinski definition) is 2. The van der Waals surface area contributed by atoms with E-state index in [0.29, 0.717) is 23.6 Å². The molecule has 4 heteroatoms. The summed E-state index contributed by atoms with van der Waals surface area (Å²) in [6, 6.07) is 5.54. The second-order valence-electron chi connectivity index (χ2n) is 3.85. The molecule has 0 bridgehead atoms. The van der Waals surface area contributed by atoms with E-state index >= 15 is 0 Å². The minimum atomic E-state index is -0.0663. The summed E-state index contributed by atoms with van der Waals surface area (Å²) in [5.74, 6) is 0. The van der Waals surface area contributed by atoms with Crippen LogP contribution in [0.1, 0.15) is 11.1 Å². The van der Waals surface area contributed by atoms with E-state index in [0.717, 1.165) is 16.5 Å². The van der Waals surface area contributed by atoms with E-state index in [2.05, 4.69) is 4.98 Å². The standard InChI is InChI=1S/C12H13ClN2O/c1-7-4-10(13)6-9-5-8(2-3-14)12(16)15-11(7)9/h4-6H,2-3,14H2,1H3,(H,15,16). The molecule has 2 rings (SSSR count). The topological polar surface area (TPSA) is 58.9 Å². The largest absolute Gasteiger partial charge is 0.330 e. The Morgan fingerprint density at radius 3 is 2.81 bits per heavy atom. The minimum Gasteiger partial charge on any atom is -0.330 e. The Balaban J connectivity index is 2.74. The van der Waals surface area contributed by atoms with Crippen LogP contribution in [0.5, 0.6) is 0 Å². The van der Waals surface area contributed by atoms with Crippen molar-refractivity contribution < 1.29 is 0 Å². The summed E-state index contributed by atoms with van der Waals surface area (Å²) in [5, 5.41) is 1.63. The number of hydrogen-bond acceptors (Lipinski definition) is 2. The van der Waals surface area contributed by atoms with E-state index in [1.165, 1.54) is 0 Å². The zero-order chi connectivity index (χ0) is 11.7. The Kier molecular flexibility index (Phi) is 2.99. The van der Waals surface area contributed by atoms with E-state index in [1.54, 1.807) is 0 Å². The van der Waals surface area contributed by atoms with Gasteiger partial charge in [0.2, 0.25) is 0 Å². The summed E-state index contributed by atoms with van der Waals surface area (Å²) in [5.41, 5.74) is 7.91. The number of aryl methyl sites for hydroxylation is 1. The fraction of sp³-hybridized carbons (Fsp3) is 0.250. The van der Waals surface area contributed by atoms with Gasteiger partial charge in [-0.05, 0) is 43.7 Å². The summed E-state index contributed by atoms with van der Waals surface area (Å²) in [7, 11) is 0. The molecular formula is C12H13ClN2O. The molecule has 1 aromatic heterocycles. The van der Waals surface area contributed by atoms with Gasteiger partial charge in [-0.2, -0.15) is 0 Å². The first kappa shape index (κ1) is 11.2. The fourth-order valence-electron chi connectivity index (χ4n) is 1.84. The first-order valence-corrected chi connectivity index (χ1v) is 5.51. The second kappa shape index (κ2) is 4.28. The smallest absolute Gasteiger partial charge is 0.251 e. The van der Waals surface area contributed by atoms with Gasteiger partial charge >= 0.3 is 0 Å². The van der Waals surface area contributed by atoms with Gasteiger partial charge in [-0.25, -0.2) is 0 Å². The number of nitrogens with one attached hydrogen (secondary N) is 1. The predicted octanol–water partition coefficient (Wildman–Crippen LogP) is 1.99. The van der Waals surface area contributed by atoms with E-state index < -0.39 is 0 Å². The van der Waals surface area contributed by atoms with Gasteiger partial charge in [0, 0.05) is 16.0 Å². The van der Waals surface area contributed by atoms with Crippen LogP contribution in [0.4, 0.5) is 0 Å². The molecule has 0 atom stereocenters. The highest BCUT2D eigenvalue weighted by Gasteiger charge is 2.05. The van der Waals surface area contributed by atoms with E-state index in [9.17, 15) is 4.79 Å². The molecular weight excluding hydrogens is 224 g/mol. The van der Waals surface area contributed by atoms with Gasteiger partial charge in [0.25, 0.3) is 5.56 Å². The van der Waals surface area contributed by atoms with E-state index in [-0.39, 0.29) is 5.56 Å². The average Bonchev–Trinajstić information content (AvgIpc) is 2.21. The van der Waals surface area contributed by atoms with Gasteiger partial charge in [0.1, 0.15) is 0 Å². The Bertz CT molecular complexity index is 589. The summed E-state index contributed by atoms with van der Waals surface area (Å²) in [4.78, 5) is 14.6. The second-order valence-corrected chi connectivity index (χ2v) is 4.29. The quantitative estimate of drug-likeness (QED) is 0.838. The molecule has 0 amide bonds. The lowest BCUT2D eigenvalue weighted by Crippen LogP contribution is -2.16. The number of nitrogens with two attached hydrogens (primary N) is 1. The summed E-state index contributed by atoms with van der Waals surface area (Å²) < 4.78 is 0. The van der Waals surface area contributed by atoms with Gasteiger partial charge in [-0.15, -0.1) is 0 Å². The van der Waals surface area contributed by atoms with Crippen molar-refractivity contribution in [2.45, 2.75) is 13.3 Å². The van der Waals surface area contributed by atoms with Crippen LogP contribution >= 0.6 is 11.6 Å². The third-order valence-corrected chi connectivity index (χ3v) is 2.82. The van der Waals surface area contributed by atoms with Crippen molar-refractivity contribution in [2.75, 3.05) is 6.54 Å². The average molecular weight is 237 g/mol. The van der Waals surface area contributed by atoms with Crippen LogP contribution in [0.15, 0.2) is 23.0 Å². The maximum Gasteiger partial charge on any atom is 0.251 e. The fourth-order valence-corrected chi connectivity index (χ4v) is 2.12. The van der Waals surface area contributed by atoms with Gasteiger partial charge < -0.3 is 10.7 Å². The molecule has 1 aromatic carbocycles. The lowest BCUT2D eigenvalue weighted by Gasteiger charge is -2.05. The number of aromatic nitrogens is 1. The molecule has 16 heavy (non-hydrogen) atoms. The van der Waals surface area contributed by atoms with Crippen molar-refractivity contribution in [1.29, 1.82) is 0 Å². The summed E-state index contributed by atoms with van der Waals surface area (Å²) in [6.07, 6.45) is 0.580. The highest BCUT2D eigenvalue weighted by molar-refractivity contribution is 6.31. The van der Waals surface area contributed by atoms with Gasteiger partial charge in [-0.1, -0.05) is 11.6 Å². The molecule has 1 heterocycles. The molecule has 0 aliphatic heterocycles. The van der Waals surface area contributed by atoms with Crippen LogP contribution in [-0.4, -0.2) is 11.5 Å². The van der Waals surface area contributed by atoms with E-state index in [1.807, 2.05) is 25.1 Å². The molecule has 0 saturated heterocycles. The molecule has 0 aliphatic rings. The third kappa shape index (κ3) is 1.96. The van der Waals surface area contributed by atoms with Crippen LogP contribution in [0.3, 0.4) is 0 Å². The van der Waals surface area contributed by atoms with Crippen molar-refractivity contribution in [3.63, 3.8) is 0 Å². The Labute approximate surface area is 98.2 Å². The van der Waals surface area contributed by atoms with Crippen molar-refractivity contribution in [3.05, 3.63) is 44.7 Å². The summed E-state index contributed by atoms with van der Waals surface area (Å²) >= 11 is 5.98. The third-order valence-electron chi connectivity index (χ3n) is 2.60. The lowest BCUT2D eigenvalue weighted by molar-refractivity contribution is 0.948. The van der Waals surface area contributed by atoms with Crippen molar-refractivity contribution in [1.82, 2.24) is 4.98 Å². The molecule has 0 fully saturated rings. The normalized spacial score (nSPS) is 10.9. The Morgan fingerprint density at radius 2 is 2.12 bits per heavy atom. The molecule has 0 unspecified atom stereocenters. The minimum absolute atomic E-state index is 0.0663. The van der Waals surface area contributed by atoms with E-state index in [4.69, 9.17) is 17.3 Å². The maximum absolute atomic E-state index is 11.7. The van der Waals surface area contributed by atoms with Crippen molar-refractivity contribution >= 4 is 22.5 Å². The number of H-pyrrole nitrogens is 1. The molecule has 0 saturated carbocycles. The zero-order valence-corrected chi connectivity index (χ0v) is 9.77. The first-order chi connectivity index (χ1) is 7.61. The molecule has 2 aromatic rings. The number of aromatic amines is 1. The SMILES string of the molecule is Cc1cc(Cl)cc2cc(CCN)c(=O)[nH]c12. The number of halogens is 1. The van der Waals surface area contributed by atoms with Crippen LogP contribution in [-0.2, 0) is 6.42 Å². The monoisotopic (exact) mass is 236 g/mol. The number of rotatable bonds is 2. The van der Waals surface area contributed by atoms with Crippen molar-refractivity contribution in [2.24, 2.45) is 5.73 Å². The number of benzene rings is 1. The molecule has 3 N–H and O–H groups in total. The highest BCUT2D eigenvalue weighted by Crippen LogP contribution is 2.21. The predicted molar refractivity (Wildman–Crippen MR) is 67.1 cm³/mol. The first-order valence-electron chi connectivity index (χ1n) is 5.14. The van der Waals surface area contributed by atoms with Crippen LogP contribution in [0, 0.1) is 6.92 Å². The van der Waals surface area contributed by atoms with Gasteiger partial charge in [-0.3, -0.25) is 4.79 Å². The number of pyridine rings is 1. The van der Waals surface area contributed by atoms with Crippen LogP contribution < -0.4 is 11.3 Å². The lowest BCUT2D eigenvalue weighted by atomic mass is 10.1. The maximum atomic E-state index is 11.7. The molecule has 0 aliphatic carbocycles. The Hall–Kier alpha value is -1.32. The highest BCUT2D eigenvalue weighted by atomic mass is 35.5. The van der Waals surface area contributed by atoms with Crippen LogP contribution in [0.25, 0.3) is 10.9 Å². The molecule has 3 nitrogen and oxygen atoms in total. The van der Waals surface area contributed by atoms with Crippen molar-refractivity contribution in [3.8, 4) is 0 Å². The number of fused-ring (bicyclic) bond motifs is 1. The molecule has 84 valence electrons. The van der Waals surface area contributed by atoms with Gasteiger partial charge in [0.05, 0.1) is 5.52 Å². The molecule has 0 spiro atoms. The van der Waals surface area contributed by atoms with Gasteiger partial charge in [0.15, 0.2) is 0 Å². The Morgan fingerprint density at radius 1 is 1.38 bits per heavy atom. The summed E-state index contributed by atoms with van der Waals surface area (Å²) in [6.45, 7) is 2.39. The van der Waals surface area contributed by atoms with Crippen LogP contribution in [0.2, 0.25) is 5.02 Å². The zero-order valence-electron chi connectivity index (χ0n) is 9.01.